The first-order valence-electron chi connectivity index (χ1n) is 9.83. The summed E-state index contributed by atoms with van der Waals surface area (Å²) in [6, 6.07) is 8.14. The summed E-state index contributed by atoms with van der Waals surface area (Å²) in [5, 5.41) is 7.63. The van der Waals surface area contributed by atoms with Crippen molar-refractivity contribution in [2.45, 2.75) is 40.7 Å². The van der Waals surface area contributed by atoms with E-state index in [4.69, 9.17) is 5.32 Å². The molecule has 0 unspecified atom stereocenters. The summed E-state index contributed by atoms with van der Waals surface area (Å²) >= 11 is 0. The summed E-state index contributed by atoms with van der Waals surface area (Å²) in [5.41, 5.74) is 2.47. The van der Waals surface area contributed by atoms with Gasteiger partial charge in [-0.15, -0.1) is 12.2 Å². The molecule has 1 N–H and O–H groups in total. The molecule has 146 valence electrons. The van der Waals surface area contributed by atoms with Crippen molar-refractivity contribution in [1.29, 1.82) is 0 Å². The number of carbonyl (C=O) groups is 1. The maximum absolute atomic E-state index is 11.4. The Labute approximate surface area is 208 Å². The smallest absolute Gasteiger partial charge is 0.683 e. The summed E-state index contributed by atoms with van der Waals surface area (Å²) in [6.07, 6.45) is 0.521. The zero-order valence-corrected chi connectivity index (χ0v) is 21.0. The van der Waals surface area contributed by atoms with Crippen LogP contribution in [0.3, 0.4) is 0 Å². The third-order valence-electron chi connectivity index (χ3n) is 4.59. The van der Waals surface area contributed by atoms with Crippen molar-refractivity contribution in [3.8, 4) is 0 Å². The van der Waals surface area contributed by atoms with Crippen LogP contribution in [0.5, 0.6) is 0 Å². The number of hydrogen-bond acceptors (Lipinski definition) is 3. The van der Waals surface area contributed by atoms with Gasteiger partial charge in [-0.1, -0.05) is 52.0 Å². The topological polar surface area (TPSA) is 49.7 Å². The van der Waals surface area contributed by atoms with Crippen LogP contribution in [0.15, 0.2) is 24.3 Å². The first-order chi connectivity index (χ1) is 12.4. The zero-order chi connectivity index (χ0) is 19.0. The number of hydrogen-bond donors (Lipinski definition) is 1. The Morgan fingerprint density at radius 1 is 1.15 bits per heavy atom. The Hall–Kier alpha value is 0.0464. The second-order valence-corrected chi connectivity index (χ2v) is 8.36. The van der Waals surface area contributed by atoms with Crippen molar-refractivity contribution in [3.63, 3.8) is 0 Å². The van der Waals surface area contributed by atoms with Crippen LogP contribution in [0.25, 0.3) is 5.32 Å². The first-order valence-corrected chi connectivity index (χ1v) is 9.83. The average Bonchev–Trinajstić information content (AvgIpc) is 2.60. The second kappa shape index (κ2) is 12.6. The fourth-order valence-electron chi connectivity index (χ4n) is 3.25. The minimum absolute atomic E-state index is 0. The monoisotopic (exact) mass is 398 g/mol. The Kier molecular flexibility index (Phi) is 11.7. The second-order valence-electron chi connectivity index (χ2n) is 8.36. The van der Waals surface area contributed by atoms with Crippen LogP contribution in [0.4, 0.5) is 5.69 Å². The molecule has 5 nitrogen and oxygen atoms in total. The third-order valence-corrected chi connectivity index (χ3v) is 4.59. The summed E-state index contributed by atoms with van der Waals surface area (Å²) in [6.45, 7) is 16.9. The average molecular weight is 399 g/mol. The summed E-state index contributed by atoms with van der Waals surface area (Å²) in [4.78, 5) is 16.5. The number of amides is 1. The van der Waals surface area contributed by atoms with Crippen LogP contribution in [0, 0.1) is 5.41 Å². The molecule has 1 aliphatic rings. The van der Waals surface area contributed by atoms with Gasteiger partial charge in [0.15, 0.2) is 0 Å². The van der Waals surface area contributed by atoms with Gasteiger partial charge in [-0.25, -0.2) is 0 Å². The molecule has 1 saturated heterocycles. The molecule has 1 aromatic carbocycles. The van der Waals surface area contributed by atoms with Crippen LogP contribution in [0.1, 0.15) is 39.7 Å². The number of nitrogens with one attached hydrogen (secondary N) is 1. The van der Waals surface area contributed by atoms with Crippen LogP contribution < -0.4 is 56.7 Å². The van der Waals surface area contributed by atoms with E-state index in [1.54, 1.807) is 0 Å². The van der Waals surface area contributed by atoms with Crippen molar-refractivity contribution >= 4 is 11.6 Å². The molecular formula is C21H35KN4O. The number of nitrogens with zero attached hydrogens (tertiary/aromatic N) is 3. The number of benzene rings is 1. The molecular weight excluding hydrogens is 363 g/mol. The quantitative estimate of drug-likeness (QED) is 0.645. The van der Waals surface area contributed by atoms with Gasteiger partial charge in [-0.3, -0.25) is 4.79 Å². The van der Waals surface area contributed by atoms with Gasteiger partial charge in [-0.05, 0) is 17.5 Å². The molecule has 1 aromatic rings. The van der Waals surface area contributed by atoms with Crippen LogP contribution in [-0.4, -0.2) is 61.5 Å². The molecule has 0 atom stereocenters. The van der Waals surface area contributed by atoms with Crippen LogP contribution in [0.2, 0.25) is 0 Å². The van der Waals surface area contributed by atoms with Gasteiger partial charge in [0, 0.05) is 45.7 Å². The fraction of sp³-hybridized carbons (Fsp3) is 0.667. The molecule has 0 aliphatic carbocycles. The van der Waals surface area contributed by atoms with E-state index >= 15 is 0 Å². The van der Waals surface area contributed by atoms with Crippen LogP contribution >= 0.6 is 0 Å². The van der Waals surface area contributed by atoms with Crippen molar-refractivity contribution in [1.82, 2.24) is 15.1 Å². The van der Waals surface area contributed by atoms with Gasteiger partial charge in [0.05, 0.1) is 0 Å². The molecule has 27 heavy (non-hydrogen) atoms. The van der Waals surface area contributed by atoms with E-state index in [-0.39, 0.29) is 57.3 Å². The number of piperazine rings is 1. The van der Waals surface area contributed by atoms with E-state index in [1.807, 2.05) is 25.1 Å². The molecule has 1 heterocycles. The minimum Gasteiger partial charge on any atom is -0.683 e. The van der Waals surface area contributed by atoms with Gasteiger partial charge < -0.3 is 20.4 Å². The Balaban J connectivity index is 0.00000364. The van der Waals surface area contributed by atoms with E-state index in [0.29, 0.717) is 18.4 Å². The maximum atomic E-state index is 11.4. The van der Waals surface area contributed by atoms with Gasteiger partial charge in [0.25, 0.3) is 0 Å². The largest absolute Gasteiger partial charge is 1.00 e. The Morgan fingerprint density at radius 2 is 1.81 bits per heavy atom. The number of carbonyl (C=O) groups excluding carboxylic acids is 1. The Morgan fingerprint density at radius 3 is 2.44 bits per heavy atom. The molecule has 0 spiro atoms. The van der Waals surface area contributed by atoms with E-state index in [1.165, 1.54) is 6.54 Å². The summed E-state index contributed by atoms with van der Waals surface area (Å²) in [7, 11) is 0. The van der Waals surface area contributed by atoms with E-state index < -0.39 is 0 Å². The molecule has 6 heteroatoms. The van der Waals surface area contributed by atoms with Crippen LogP contribution in [-0.2, 0) is 11.3 Å². The molecule has 0 radical (unpaired) electrons. The van der Waals surface area contributed by atoms with Crippen molar-refractivity contribution in [2.24, 2.45) is 5.41 Å². The molecule has 1 aliphatic heterocycles. The van der Waals surface area contributed by atoms with E-state index in [2.05, 4.69) is 42.0 Å². The Bertz CT molecular complexity index is 566. The molecule has 0 saturated carbocycles. The van der Waals surface area contributed by atoms with Crippen molar-refractivity contribution < 1.29 is 56.2 Å². The van der Waals surface area contributed by atoms with Gasteiger partial charge in [0.1, 0.15) is 0 Å². The van der Waals surface area contributed by atoms with E-state index in [9.17, 15) is 4.79 Å². The number of rotatable bonds is 8. The first kappa shape index (κ1) is 25.1. The fourth-order valence-corrected chi connectivity index (χ4v) is 3.25. The standard InChI is InChI=1S/C21H35N4O.K/c1-5-20(26)23-16-18-7-6-8-19(15-18)22-9-10-24-11-13-25(14-12-24)17-21(2,3)4;/h6-8,15H,5,9-14,16-17H2,1-4H3,(H,23,26);/q-1;+1. The normalized spacial score (nSPS) is 15.9. The molecule has 2 rings (SSSR count). The minimum atomic E-state index is 0. The maximum Gasteiger partial charge on any atom is 1.00 e. The SMILES string of the molecule is CCC(=O)NCc1cccc([N-]CCN2CCN(CC(C)(C)C)CC2)c1.[K+]. The third kappa shape index (κ3) is 10.4. The van der Waals surface area contributed by atoms with Crippen molar-refractivity contribution in [2.75, 3.05) is 45.8 Å². The van der Waals surface area contributed by atoms with E-state index in [0.717, 1.165) is 50.5 Å². The molecule has 0 bridgehead atoms. The van der Waals surface area contributed by atoms with Crippen molar-refractivity contribution in [3.05, 3.63) is 35.1 Å². The molecule has 0 aromatic heterocycles. The summed E-state index contributed by atoms with van der Waals surface area (Å²) < 4.78 is 0. The molecule has 1 fully saturated rings. The van der Waals surface area contributed by atoms with Gasteiger partial charge >= 0.3 is 51.4 Å². The predicted molar refractivity (Wildman–Crippen MR) is 109 cm³/mol. The van der Waals surface area contributed by atoms with Gasteiger partial charge in [0.2, 0.25) is 5.91 Å². The van der Waals surface area contributed by atoms with Gasteiger partial charge in [-0.2, -0.15) is 0 Å². The zero-order valence-electron chi connectivity index (χ0n) is 17.9. The molecule has 1 amide bonds. The predicted octanol–water partition coefficient (Wildman–Crippen LogP) is 0.386. The summed E-state index contributed by atoms with van der Waals surface area (Å²) in [5.74, 6) is 0.0814.